The number of carbonyl (C=O) groups is 1. The van der Waals surface area contributed by atoms with Crippen LogP contribution in [-0.4, -0.2) is 28.4 Å². The van der Waals surface area contributed by atoms with Gasteiger partial charge in [-0.15, -0.1) is 0 Å². The molecule has 2 atom stereocenters. The van der Waals surface area contributed by atoms with Gasteiger partial charge in [0, 0.05) is 5.57 Å². The molecule has 2 N–H and O–H groups in total. The monoisotopic (exact) mass is 197 g/mol. The highest BCUT2D eigenvalue weighted by atomic mass is 16.4. The van der Waals surface area contributed by atoms with Gasteiger partial charge in [-0.2, -0.15) is 0 Å². The van der Waals surface area contributed by atoms with Crippen molar-refractivity contribution in [2.75, 3.05) is 0 Å². The van der Waals surface area contributed by atoms with Gasteiger partial charge >= 0.3 is 0 Å². The van der Waals surface area contributed by atoms with E-state index in [9.17, 15) is 20.1 Å². The number of hydrogen-bond acceptors (Lipinski definition) is 4. The maximum Gasteiger partial charge on any atom is 0.110 e. The van der Waals surface area contributed by atoms with Crippen LogP contribution in [0, 0.1) is 5.92 Å². The summed E-state index contributed by atoms with van der Waals surface area (Å²) < 4.78 is 0. The Kier molecular flexibility index (Phi) is 3.08. The van der Waals surface area contributed by atoms with Crippen molar-refractivity contribution in [1.29, 1.82) is 0 Å². The fourth-order valence-electron chi connectivity index (χ4n) is 1.46. The van der Waals surface area contributed by atoms with Crippen LogP contribution in [0.3, 0.4) is 0 Å². The lowest BCUT2D eigenvalue weighted by Crippen LogP contribution is -2.40. The number of aliphatic carboxylic acids is 1. The van der Waals surface area contributed by atoms with E-state index >= 15 is 0 Å². The van der Waals surface area contributed by atoms with Crippen molar-refractivity contribution in [3.63, 3.8) is 0 Å². The van der Waals surface area contributed by atoms with Gasteiger partial charge in [0.2, 0.25) is 0 Å². The Morgan fingerprint density at radius 3 is 2.36 bits per heavy atom. The third-order valence-electron chi connectivity index (χ3n) is 2.32. The Hall–Kier alpha value is -1.13. The van der Waals surface area contributed by atoms with Crippen molar-refractivity contribution in [2.45, 2.75) is 26.1 Å². The number of aliphatic hydroxyl groups excluding tert-OH is 2. The van der Waals surface area contributed by atoms with Crippen molar-refractivity contribution >= 4 is 5.97 Å². The first-order valence-corrected chi connectivity index (χ1v) is 4.44. The second-order valence-electron chi connectivity index (χ2n) is 3.62. The summed E-state index contributed by atoms with van der Waals surface area (Å²) in [4.78, 5) is 10.5. The molecule has 1 aliphatic rings. The Bertz CT molecular complexity index is 301. The van der Waals surface area contributed by atoms with E-state index in [-0.39, 0.29) is 11.5 Å². The van der Waals surface area contributed by atoms with Crippen LogP contribution in [0.25, 0.3) is 0 Å². The summed E-state index contributed by atoms with van der Waals surface area (Å²) in [6.45, 7) is 3.72. The van der Waals surface area contributed by atoms with Gasteiger partial charge in [0.25, 0.3) is 0 Å². The molecule has 1 aliphatic carbocycles. The number of aliphatic hydroxyl groups is 2. The number of carboxylic acids is 1. The quantitative estimate of drug-likeness (QED) is 0.593. The molecule has 0 saturated carbocycles. The molecule has 4 nitrogen and oxygen atoms in total. The van der Waals surface area contributed by atoms with E-state index in [4.69, 9.17) is 0 Å². The van der Waals surface area contributed by atoms with Gasteiger partial charge in [-0.3, -0.25) is 0 Å². The number of carbonyl (C=O) groups excluding carboxylic acids is 1. The molecule has 0 aromatic heterocycles. The van der Waals surface area contributed by atoms with Crippen LogP contribution in [0.1, 0.15) is 13.8 Å². The number of rotatable bonds is 2. The summed E-state index contributed by atoms with van der Waals surface area (Å²) in [6.07, 6.45) is 0.269. The normalized spacial score (nSPS) is 27.2. The predicted octanol–water partition coefficient (Wildman–Crippen LogP) is -1.02. The van der Waals surface area contributed by atoms with Crippen LogP contribution < -0.4 is 5.11 Å². The molecule has 14 heavy (non-hydrogen) atoms. The molecule has 0 aromatic rings. The lowest BCUT2D eigenvalue weighted by atomic mass is 9.86. The van der Waals surface area contributed by atoms with Gasteiger partial charge in [-0.25, -0.2) is 0 Å². The molecule has 0 amide bonds. The summed E-state index contributed by atoms with van der Waals surface area (Å²) in [7, 11) is 0. The van der Waals surface area contributed by atoms with Crippen LogP contribution in [0.2, 0.25) is 0 Å². The van der Waals surface area contributed by atoms with Crippen LogP contribution in [-0.2, 0) is 4.79 Å². The van der Waals surface area contributed by atoms with Crippen molar-refractivity contribution in [1.82, 2.24) is 0 Å². The SMILES string of the molecule is CC(C)C1=CC=C(C(=O)[O-])[C@@H](O)[C@H]1O. The minimum absolute atomic E-state index is 0.0687. The van der Waals surface area contributed by atoms with Crippen LogP contribution in [0.5, 0.6) is 0 Å². The summed E-state index contributed by atoms with van der Waals surface area (Å²) in [5.74, 6) is -1.38. The highest BCUT2D eigenvalue weighted by molar-refractivity contribution is 5.87. The third-order valence-corrected chi connectivity index (χ3v) is 2.32. The number of allylic oxidation sites excluding steroid dienone is 2. The fourth-order valence-corrected chi connectivity index (χ4v) is 1.46. The second kappa shape index (κ2) is 3.94. The largest absolute Gasteiger partial charge is 0.545 e. The summed E-state index contributed by atoms with van der Waals surface area (Å²) in [5, 5.41) is 29.5. The first-order chi connectivity index (χ1) is 6.45. The molecule has 0 fully saturated rings. The van der Waals surface area contributed by atoms with Gasteiger partial charge in [0.05, 0.1) is 5.97 Å². The zero-order valence-corrected chi connectivity index (χ0v) is 8.10. The van der Waals surface area contributed by atoms with E-state index in [1.54, 1.807) is 0 Å². The first-order valence-electron chi connectivity index (χ1n) is 4.44. The van der Waals surface area contributed by atoms with Gasteiger partial charge in [-0.1, -0.05) is 26.0 Å². The number of carboxylic acid groups (broad SMARTS) is 1. The third kappa shape index (κ3) is 1.86. The standard InChI is InChI=1S/C10H14O4/c1-5(2)6-3-4-7(10(13)14)9(12)8(6)11/h3-5,8-9,11-12H,1-2H3,(H,13,14)/p-1/t8-,9+/m0/s1. The van der Waals surface area contributed by atoms with E-state index in [2.05, 4.69) is 0 Å². The molecular weight excluding hydrogens is 184 g/mol. The average Bonchev–Trinajstić information content (AvgIpc) is 2.08. The molecule has 0 unspecified atom stereocenters. The molecule has 1 rings (SSSR count). The van der Waals surface area contributed by atoms with Crippen molar-refractivity contribution in [3.05, 3.63) is 23.3 Å². The average molecular weight is 197 g/mol. The Labute approximate surface area is 82.2 Å². The maximum atomic E-state index is 10.5. The Balaban J connectivity index is 3.02. The van der Waals surface area contributed by atoms with Gasteiger partial charge in [-0.05, 0) is 11.5 Å². The van der Waals surface area contributed by atoms with Crippen molar-refractivity contribution < 1.29 is 20.1 Å². The van der Waals surface area contributed by atoms with E-state index < -0.39 is 18.2 Å². The van der Waals surface area contributed by atoms with Gasteiger partial charge in [0.15, 0.2) is 0 Å². The molecule has 4 heteroatoms. The number of hydrogen-bond donors (Lipinski definition) is 2. The summed E-state index contributed by atoms with van der Waals surface area (Å²) >= 11 is 0. The molecular formula is C10H13O4-. The maximum absolute atomic E-state index is 10.5. The van der Waals surface area contributed by atoms with Crippen molar-refractivity contribution in [3.8, 4) is 0 Å². The Morgan fingerprint density at radius 2 is 1.93 bits per heavy atom. The van der Waals surface area contributed by atoms with Crippen LogP contribution in [0.4, 0.5) is 0 Å². The van der Waals surface area contributed by atoms with Crippen LogP contribution >= 0.6 is 0 Å². The fraction of sp³-hybridized carbons (Fsp3) is 0.500. The highest BCUT2D eigenvalue weighted by Crippen LogP contribution is 2.24. The molecule has 78 valence electrons. The molecule has 0 spiro atoms. The summed E-state index contributed by atoms with van der Waals surface area (Å²) in [5.41, 5.74) is 0.351. The minimum atomic E-state index is -1.45. The van der Waals surface area contributed by atoms with Crippen molar-refractivity contribution in [2.24, 2.45) is 5.92 Å². The summed E-state index contributed by atoms with van der Waals surface area (Å²) in [6, 6.07) is 0. The molecule has 0 aliphatic heterocycles. The zero-order valence-electron chi connectivity index (χ0n) is 8.10. The predicted molar refractivity (Wildman–Crippen MR) is 48.0 cm³/mol. The minimum Gasteiger partial charge on any atom is -0.545 e. The lowest BCUT2D eigenvalue weighted by molar-refractivity contribution is -0.300. The topological polar surface area (TPSA) is 80.6 Å². The molecule has 0 radical (unpaired) electrons. The van der Waals surface area contributed by atoms with E-state index in [0.29, 0.717) is 5.57 Å². The van der Waals surface area contributed by atoms with E-state index in [1.165, 1.54) is 12.2 Å². The van der Waals surface area contributed by atoms with Gasteiger partial charge in [0.1, 0.15) is 12.2 Å². The Morgan fingerprint density at radius 1 is 1.36 bits per heavy atom. The molecule has 0 heterocycles. The zero-order chi connectivity index (χ0) is 10.9. The highest BCUT2D eigenvalue weighted by Gasteiger charge is 2.28. The lowest BCUT2D eigenvalue weighted by Gasteiger charge is -2.28. The molecule has 0 aromatic carbocycles. The molecule has 0 bridgehead atoms. The van der Waals surface area contributed by atoms with Gasteiger partial charge < -0.3 is 20.1 Å². The smallest absolute Gasteiger partial charge is 0.110 e. The van der Waals surface area contributed by atoms with E-state index in [1.807, 2.05) is 13.8 Å². The van der Waals surface area contributed by atoms with Crippen LogP contribution in [0.15, 0.2) is 23.3 Å². The first kappa shape index (κ1) is 10.9. The second-order valence-corrected chi connectivity index (χ2v) is 3.62. The molecule has 0 saturated heterocycles. The van der Waals surface area contributed by atoms with E-state index in [0.717, 1.165) is 0 Å².